The van der Waals surface area contributed by atoms with E-state index in [1.807, 2.05) is 0 Å². The molecular formula is C9H17N3O. The molecule has 4 nitrogen and oxygen atoms in total. The van der Waals surface area contributed by atoms with Crippen LogP contribution >= 0.6 is 0 Å². The molecule has 2 aliphatic rings. The van der Waals surface area contributed by atoms with Crippen LogP contribution in [-0.2, 0) is 4.79 Å². The Bertz CT molecular complexity index is 207. The number of rotatable bonds is 3. The van der Waals surface area contributed by atoms with Crippen molar-refractivity contribution in [3.63, 3.8) is 0 Å². The molecule has 0 aliphatic carbocycles. The first-order valence-corrected chi connectivity index (χ1v) is 5.05. The molecule has 4 heteroatoms. The molecule has 0 radical (unpaired) electrons. The maximum absolute atomic E-state index is 11.6. The minimum Gasteiger partial charge on any atom is -0.355 e. The molecule has 13 heavy (non-hydrogen) atoms. The lowest BCUT2D eigenvalue weighted by Crippen LogP contribution is -2.39. The van der Waals surface area contributed by atoms with Gasteiger partial charge in [0.1, 0.15) is 0 Å². The Kier molecular flexibility index (Phi) is 2.51. The number of fused-ring (bicyclic) bond motifs is 2. The van der Waals surface area contributed by atoms with Gasteiger partial charge in [-0.15, -0.1) is 0 Å². The van der Waals surface area contributed by atoms with Crippen LogP contribution in [0.5, 0.6) is 0 Å². The zero-order valence-electron chi connectivity index (χ0n) is 7.75. The molecule has 3 unspecified atom stereocenters. The third-order valence-corrected chi connectivity index (χ3v) is 3.08. The number of carbonyl (C=O) groups is 1. The van der Waals surface area contributed by atoms with E-state index in [2.05, 4.69) is 10.6 Å². The standard InChI is InChI=1S/C9H17N3O/c10-3-4-11-9(13)7-5-6-1-2-8(7)12-6/h6-8,12H,1-5,10H2,(H,11,13). The van der Waals surface area contributed by atoms with Crippen molar-refractivity contribution in [3.05, 3.63) is 0 Å². The van der Waals surface area contributed by atoms with Crippen LogP contribution in [0.15, 0.2) is 0 Å². The average molecular weight is 183 g/mol. The quantitative estimate of drug-likeness (QED) is 0.537. The van der Waals surface area contributed by atoms with Gasteiger partial charge in [0, 0.05) is 25.2 Å². The van der Waals surface area contributed by atoms with Crippen LogP contribution in [0, 0.1) is 5.92 Å². The predicted octanol–water partition coefficient (Wildman–Crippen LogP) is -0.798. The maximum atomic E-state index is 11.6. The van der Waals surface area contributed by atoms with Crippen molar-refractivity contribution in [2.75, 3.05) is 13.1 Å². The largest absolute Gasteiger partial charge is 0.355 e. The fourth-order valence-electron chi connectivity index (χ4n) is 2.44. The number of hydrogen-bond acceptors (Lipinski definition) is 3. The minimum atomic E-state index is 0.185. The first-order valence-electron chi connectivity index (χ1n) is 5.05. The predicted molar refractivity (Wildman–Crippen MR) is 50.1 cm³/mol. The summed E-state index contributed by atoms with van der Waals surface area (Å²) >= 11 is 0. The molecule has 0 spiro atoms. The molecule has 1 amide bonds. The maximum Gasteiger partial charge on any atom is 0.224 e. The Morgan fingerprint density at radius 1 is 1.54 bits per heavy atom. The van der Waals surface area contributed by atoms with E-state index in [0.29, 0.717) is 25.2 Å². The van der Waals surface area contributed by atoms with Gasteiger partial charge >= 0.3 is 0 Å². The Morgan fingerprint density at radius 3 is 2.92 bits per heavy atom. The minimum absolute atomic E-state index is 0.185. The lowest BCUT2D eigenvalue weighted by atomic mass is 9.88. The van der Waals surface area contributed by atoms with Gasteiger partial charge in [0.05, 0.1) is 5.92 Å². The Labute approximate surface area is 78.2 Å². The first kappa shape index (κ1) is 8.97. The zero-order chi connectivity index (χ0) is 9.26. The van der Waals surface area contributed by atoms with E-state index in [4.69, 9.17) is 5.73 Å². The van der Waals surface area contributed by atoms with Crippen molar-refractivity contribution in [1.29, 1.82) is 0 Å². The fraction of sp³-hybridized carbons (Fsp3) is 0.889. The zero-order valence-corrected chi connectivity index (χ0v) is 7.75. The smallest absolute Gasteiger partial charge is 0.224 e. The van der Waals surface area contributed by atoms with Crippen molar-refractivity contribution in [1.82, 2.24) is 10.6 Å². The summed E-state index contributed by atoms with van der Waals surface area (Å²) in [5.41, 5.74) is 5.32. The molecule has 2 rings (SSSR count). The molecule has 2 saturated heterocycles. The molecule has 3 atom stereocenters. The van der Waals surface area contributed by atoms with E-state index < -0.39 is 0 Å². The number of nitrogens with two attached hydrogens (primary N) is 1. The summed E-state index contributed by atoms with van der Waals surface area (Å²) in [6.07, 6.45) is 3.41. The molecule has 2 bridgehead atoms. The van der Waals surface area contributed by atoms with E-state index >= 15 is 0 Å². The summed E-state index contributed by atoms with van der Waals surface area (Å²) in [5, 5.41) is 6.30. The highest BCUT2D eigenvalue weighted by Gasteiger charge is 2.42. The molecule has 0 aromatic heterocycles. The lowest BCUT2D eigenvalue weighted by Gasteiger charge is -2.18. The van der Waals surface area contributed by atoms with Crippen LogP contribution in [0.4, 0.5) is 0 Å². The summed E-state index contributed by atoms with van der Waals surface area (Å²) < 4.78 is 0. The van der Waals surface area contributed by atoms with Crippen LogP contribution in [0.1, 0.15) is 19.3 Å². The molecule has 2 fully saturated rings. The topological polar surface area (TPSA) is 67.1 Å². The fourth-order valence-corrected chi connectivity index (χ4v) is 2.44. The second-order valence-corrected chi connectivity index (χ2v) is 3.97. The van der Waals surface area contributed by atoms with Crippen molar-refractivity contribution in [3.8, 4) is 0 Å². The normalized spacial score (nSPS) is 36.5. The highest BCUT2D eigenvalue weighted by atomic mass is 16.1. The van der Waals surface area contributed by atoms with Crippen LogP contribution in [0.25, 0.3) is 0 Å². The molecule has 4 N–H and O–H groups in total. The van der Waals surface area contributed by atoms with Gasteiger partial charge in [-0.05, 0) is 19.3 Å². The third-order valence-electron chi connectivity index (χ3n) is 3.08. The van der Waals surface area contributed by atoms with E-state index in [0.717, 1.165) is 12.8 Å². The molecule has 0 saturated carbocycles. The van der Waals surface area contributed by atoms with Crippen LogP contribution in [-0.4, -0.2) is 31.1 Å². The van der Waals surface area contributed by atoms with Crippen molar-refractivity contribution < 1.29 is 4.79 Å². The van der Waals surface area contributed by atoms with Gasteiger partial charge in [0.25, 0.3) is 0 Å². The van der Waals surface area contributed by atoms with Gasteiger partial charge in [0.15, 0.2) is 0 Å². The van der Waals surface area contributed by atoms with Gasteiger partial charge in [0.2, 0.25) is 5.91 Å². The monoisotopic (exact) mass is 183 g/mol. The summed E-state index contributed by atoms with van der Waals surface area (Å²) in [6.45, 7) is 1.13. The van der Waals surface area contributed by atoms with Gasteiger partial charge in [-0.3, -0.25) is 4.79 Å². The molecule has 0 aromatic carbocycles. The molecule has 74 valence electrons. The Hall–Kier alpha value is -0.610. The van der Waals surface area contributed by atoms with Gasteiger partial charge in [-0.2, -0.15) is 0 Å². The second-order valence-electron chi connectivity index (χ2n) is 3.97. The summed E-state index contributed by atoms with van der Waals surface area (Å²) in [7, 11) is 0. The highest BCUT2D eigenvalue weighted by Crippen LogP contribution is 2.33. The van der Waals surface area contributed by atoms with E-state index in [1.54, 1.807) is 0 Å². The number of hydrogen-bond donors (Lipinski definition) is 3. The summed E-state index contributed by atoms with van der Waals surface area (Å²) in [6, 6.07) is 1.03. The van der Waals surface area contributed by atoms with E-state index in [9.17, 15) is 4.79 Å². The van der Waals surface area contributed by atoms with E-state index in [-0.39, 0.29) is 11.8 Å². The van der Waals surface area contributed by atoms with Crippen molar-refractivity contribution in [2.45, 2.75) is 31.3 Å². The summed E-state index contributed by atoms with van der Waals surface area (Å²) in [5.74, 6) is 0.385. The lowest BCUT2D eigenvalue weighted by molar-refractivity contribution is -0.125. The van der Waals surface area contributed by atoms with Crippen molar-refractivity contribution in [2.24, 2.45) is 11.7 Å². The van der Waals surface area contributed by atoms with E-state index in [1.165, 1.54) is 6.42 Å². The van der Waals surface area contributed by atoms with Gasteiger partial charge in [-0.25, -0.2) is 0 Å². The summed E-state index contributed by atoms with van der Waals surface area (Å²) in [4.78, 5) is 11.6. The van der Waals surface area contributed by atoms with Crippen molar-refractivity contribution >= 4 is 5.91 Å². The highest BCUT2D eigenvalue weighted by molar-refractivity contribution is 5.80. The van der Waals surface area contributed by atoms with Gasteiger partial charge in [-0.1, -0.05) is 0 Å². The third kappa shape index (κ3) is 1.69. The molecule has 0 aromatic rings. The molecule has 2 aliphatic heterocycles. The Morgan fingerprint density at radius 2 is 2.38 bits per heavy atom. The Balaban J connectivity index is 1.84. The average Bonchev–Trinajstić information content (AvgIpc) is 2.74. The van der Waals surface area contributed by atoms with Crippen LogP contribution in [0.3, 0.4) is 0 Å². The van der Waals surface area contributed by atoms with Gasteiger partial charge < -0.3 is 16.4 Å². The number of nitrogens with one attached hydrogen (secondary N) is 2. The SMILES string of the molecule is NCCNC(=O)C1CC2CCC1N2. The van der Waals surface area contributed by atoms with Crippen LogP contribution in [0.2, 0.25) is 0 Å². The second kappa shape index (κ2) is 3.64. The van der Waals surface area contributed by atoms with Crippen LogP contribution < -0.4 is 16.4 Å². The number of carbonyl (C=O) groups excluding carboxylic acids is 1. The molecule has 2 heterocycles. The first-order chi connectivity index (χ1) is 6.31. The number of amides is 1. The molecular weight excluding hydrogens is 166 g/mol.